The summed E-state index contributed by atoms with van der Waals surface area (Å²) in [5.74, 6) is 0.548. The van der Waals surface area contributed by atoms with Crippen molar-refractivity contribution in [3.63, 3.8) is 0 Å². The van der Waals surface area contributed by atoms with Crippen LogP contribution in [0.25, 0.3) is 0 Å². The highest BCUT2D eigenvalue weighted by Gasteiger charge is 2.22. The lowest BCUT2D eigenvalue weighted by Gasteiger charge is -2.10. The van der Waals surface area contributed by atoms with Crippen molar-refractivity contribution < 1.29 is 9.53 Å². The van der Waals surface area contributed by atoms with Gasteiger partial charge in [0.25, 0.3) is 0 Å². The molecule has 0 aromatic carbocycles. The fraction of sp³-hybridized carbons (Fsp3) is 0.636. The predicted octanol–water partition coefficient (Wildman–Crippen LogP) is 1.81. The van der Waals surface area contributed by atoms with Crippen molar-refractivity contribution in [1.82, 2.24) is 10.2 Å². The van der Waals surface area contributed by atoms with Crippen LogP contribution in [0.1, 0.15) is 34.6 Å². The van der Waals surface area contributed by atoms with Crippen molar-refractivity contribution in [3.8, 4) is 0 Å². The SMILES string of the molecule is CSCCOC(=O)c1n[nH]c2c1CCCC2. The summed E-state index contributed by atoms with van der Waals surface area (Å²) in [6.07, 6.45) is 6.25. The molecule has 88 valence electrons. The van der Waals surface area contributed by atoms with Crippen molar-refractivity contribution in [2.75, 3.05) is 18.6 Å². The van der Waals surface area contributed by atoms with Crippen molar-refractivity contribution in [1.29, 1.82) is 0 Å². The van der Waals surface area contributed by atoms with Crippen LogP contribution in [0.2, 0.25) is 0 Å². The minimum absolute atomic E-state index is 0.284. The molecule has 1 aliphatic rings. The van der Waals surface area contributed by atoms with Gasteiger partial charge < -0.3 is 4.74 Å². The van der Waals surface area contributed by atoms with Gasteiger partial charge in [-0.2, -0.15) is 16.9 Å². The van der Waals surface area contributed by atoms with E-state index < -0.39 is 0 Å². The van der Waals surface area contributed by atoms with Gasteiger partial charge in [0.2, 0.25) is 0 Å². The monoisotopic (exact) mass is 240 g/mol. The molecule has 0 amide bonds. The van der Waals surface area contributed by atoms with Gasteiger partial charge in [-0.05, 0) is 31.9 Å². The molecule has 1 heterocycles. The van der Waals surface area contributed by atoms with Crippen molar-refractivity contribution in [2.45, 2.75) is 25.7 Å². The van der Waals surface area contributed by atoms with Crippen LogP contribution in [-0.2, 0) is 17.6 Å². The number of nitrogens with one attached hydrogen (secondary N) is 1. The first-order valence-corrected chi connectivity index (χ1v) is 6.94. The number of rotatable bonds is 4. The summed E-state index contributed by atoms with van der Waals surface area (Å²) in [6.45, 7) is 0.460. The lowest BCUT2D eigenvalue weighted by atomic mass is 9.96. The fourth-order valence-corrected chi connectivity index (χ4v) is 2.19. The zero-order valence-corrected chi connectivity index (χ0v) is 10.2. The lowest BCUT2D eigenvalue weighted by Crippen LogP contribution is -2.12. The number of ether oxygens (including phenoxy) is 1. The van der Waals surface area contributed by atoms with Gasteiger partial charge in [0.05, 0.1) is 0 Å². The quantitative estimate of drug-likeness (QED) is 0.644. The molecule has 1 aromatic heterocycles. The first kappa shape index (κ1) is 11.5. The third kappa shape index (κ3) is 2.40. The number of hydrogen-bond donors (Lipinski definition) is 1. The number of aromatic amines is 1. The van der Waals surface area contributed by atoms with E-state index in [0.717, 1.165) is 36.3 Å². The smallest absolute Gasteiger partial charge is 0.359 e. The Balaban J connectivity index is 2.03. The van der Waals surface area contributed by atoms with Crippen LogP contribution in [0.4, 0.5) is 0 Å². The molecule has 1 aliphatic carbocycles. The third-order valence-electron chi connectivity index (χ3n) is 2.77. The minimum Gasteiger partial charge on any atom is -0.460 e. The van der Waals surface area contributed by atoms with Gasteiger partial charge >= 0.3 is 5.97 Å². The molecule has 0 unspecified atom stereocenters. The maximum atomic E-state index is 11.7. The van der Waals surface area contributed by atoms with E-state index >= 15 is 0 Å². The number of carbonyl (C=O) groups is 1. The van der Waals surface area contributed by atoms with E-state index in [9.17, 15) is 4.79 Å². The van der Waals surface area contributed by atoms with E-state index in [1.54, 1.807) is 11.8 Å². The maximum Gasteiger partial charge on any atom is 0.359 e. The van der Waals surface area contributed by atoms with Crippen LogP contribution >= 0.6 is 11.8 Å². The largest absolute Gasteiger partial charge is 0.460 e. The molecule has 1 N–H and O–H groups in total. The molecule has 0 saturated carbocycles. The van der Waals surface area contributed by atoms with E-state index in [4.69, 9.17) is 4.74 Å². The molecule has 0 aliphatic heterocycles. The zero-order chi connectivity index (χ0) is 11.4. The molecule has 1 aromatic rings. The maximum absolute atomic E-state index is 11.7. The second kappa shape index (κ2) is 5.39. The molecule has 0 saturated heterocycles. The second-order valence-electron chi connectivity index (χ2n) is 3.87. The standard InChI is InChI=1S/C11H16N2O2S/c1-16-7-6-15-11(14)10-8-4-2-3-5-9(8)12-13-10/h2-7H2,1H3,(H,12,13). The molecule has 0 fully saturated rings. The number of thioether (sulfide) groups is 1. The van der Waals surface area contributed by atoms with E-state index in [1.165, 1.54) is 6.42 Å². The summed E-state index contributed by atoms with van der Waals surface area (Å²) in [5.41, 5.74) is 2.68. The number of esters is 1. The summed E-state index contributed by atoms with van der Waals surface area (Å²) in [5, 5.41) is 7.01. The summed E-state index contributed by atoms with van der Waals surface area (Å²) < 4.78 is 5.15. The zero-order valence-electron chi connectivity index (χ0n) is 9.41. The molecule has 0 radical (unpaired) electrons. The average Bonchev–Trinajstić information content (AvgIpc) is 2.73. The van der Waals surface area contributed by atoms with E-state index in [-0.39, 0.29) is 5.97 Å². The first-order chi connectivity index (χ1) is 7.83. The number of H-pyrrole nitrogens is 1. The molecule has 2 rings (SSSR count). The van der Waals surface area contributed by atoms with Crippen molar-refractivity contribution >= 4 is 17.7 Å². The number of hydrogen-bond acceptors (Lipinski definition) is 4. The Morgan fingerprint density at radius 1 is 1.50 bits per heavy atom. The van der Waals surface area contributed by atoms with Crippen LogP contribution in [0.15, 0.2) is 0 Å². The van der Waals surface area contributed by atoms with Gasteiger partial charge in [-0.15, -0.1) is 0 Å². The first-order valence-electron chi connectivity index (χ1n) is 5.55. The van der Waals surface area contributed by atoms with E-state index in [1.807, 2.05) is 6.26 Å². The second-order valence-corrected chi connectivity index (χ2v) is 4.85. The van der Waals surface area contributed by atoms with Gasteiger partial charge in [-0.25, -0.2) is 4.79 Å². The molecule has 16 heavy (non-hydrogen) atoms. The highest BCUT2D eigenvalue weighted by molar-refractivity contribution is 7.98. The topological polar surface area (TPSA) is 55.0 Å². The summed E-state index contributed by atoms with van der Waals surface area (Å²) in [6, 6.07) is 0. The average molecular weight is 240 g/mol. The Morgan fingerprint density at radius 2 is 2.31 bits per heavy atom. The van der Waals surface area contributed by atoms with Crippen LogP contribution in [0.5, 0.6) is 0 Å². The van der Waals surface area contributed by atoms with Crippen LogP contribution < -0.4 is 0 Å². The normalized spacial score (nSPS) is 14.6. The Kier molecular flexibility index (Phi) is 3.88. The van der Waals surface area contributed by atoms with Crippen LogP contribution in [0, 0.1) is 0 Å². The molecule has 5 heteroatoms. The molecule has 0 atom stereocenters. The Bertz CT molecular complexity index is 376. The highest BCUT2D eigenvalue weighted by Crippen LogP contribution is 2.22. The molecule has 0 bridgehead atoms. The Labute approximate surface area is 99.1 Å². The summed E-state index contributed by atoms with van der Waals surface area (Å²) in [7, 11) is 0. The Morgan fingerprint density at radius 3 is 3.12 bits per heavy atom. The third-order valence-corrected chi connectivity index (χ3v) is 3.35. The van der Waals surface area contributed by atoms with Gasteiger partial charge in [0.15, 0.2) is 5.69 Å². The molecule has 0 spiro atoms. The van der Waals surface area contributed by atoms with Gasteiger partial charge in [0.1, 0.15) is 6.61 Å². The minimum atomic E-state index is -0.284. The van der Waals surface area contributed by atoms with Crippen LogP contribution in [-0.4, -0.2) is 34.8 Å². The summed E-state index contributed by atoms with van der Waals surface area (Å²) in [4.78, 5) is 11.7. The van der Waals surface area contributed by atoms with Crippen LogP contribution in [0.3, 0.4) is 0 Å². The summed E-state index contributed by atoms with van der Waals surface area (Å²) >= 11 is 1.66. The van der Waals surface area contributed by atoms with E-state index in [2.05, 4.69) is 10.2 Å². The number of carbonyl (C=O) groups excluding carboxylic acids is 1. The van der Waals surface area contributed by atoms with Gasteiger partial charge in [0, 0.05) is 17.0 Å². The van der Waals surface area contributed by atoms with Gasteiger partial charge in [-0.1, -0.05) is 0 Å². The Hall–Kier alpha value is -0.970. The number of fused-ring (bicyclic) bond motifs is 1. The number of nitrogens with zero attached hydrogens (tertiary/aromatic N) is 1. The molecule has 4 nitrogen and oxygen atoms in total. The molecular weight excluding hydrogens is 224 g/mol. The number of aromatic nitrogens is 2. The predicted molar refractivity (Wildman–Crippen MR) is 63.9 cm³/mol. The number of aryl methyl sites for hydroxylation is 1. The van der Waals surface area contributed by atoms with Gasteiger partial charge in [-0.3, -0.25) is 5.10 Å². The molecular formula is C11H16N2O2S. The van der Waals surface area contributed by atoms with Crippen molar-refractivity contribution in [2.24, 2.45) is 0 Å². The highest BCUT2D eigenvalue weighted by atomic mass is 32.2. The lowest BCUT2D eigenvalue weighted by molar-refractivity contribution is 0.0522. The van der Waals surface area contributed by atoms with Crippen molar-refractivity contribution in [3.05, 3.63) is 17.0 Å². The van der Waals surface area contributed by atoms with E-state index in [0.29, 0.717) is 12.3 Å². The fourth-order valence-electron chi connectivity index (χ4n) is 1.94.